The lowest BCUT2D eigenvalue weighted by atomic mass is 9.92. The molecule has 1 aromatic heterocycles. The van der Waals surface area contributed by atoms with Crippen LogP contribution in [0.3, 0.4) is 0 Å². The van der Waals surface area contributed by atoms with E-state index in [2.05, 4.69) is 10.4 Å². The summed E-state index contributed by atoms with van der Waals surface area (Å²) in [5.41, 5.74) is 0.734. The van der Waals surface area contributed by atoms with Crippen LogP contribution in [0.5, 0.6) is 0 Å². The molecule has 0 aliphatic carbocycles. The molecule has 1 aliphatic heterocycles. The van der Waals surface area contributed by atoms with Gasteiger partial charge in [0.25, 0.3) is 5.91 Å². The van der Waals surface area contributed by atoms with E-state index in [-0.39, 0.29) is 0 Å². The number of carbonyl (C=O) groups is 2. The van der Waals surface area contributed by atoms with Gasteiger partial charge in [-0.15, -0.1) is 16.3 Å². The van der Waals surface area contributed by atoms with Crippen LogP contribution in [0, 0.1) is 0 Å². The van der Waals surface area contributed by atoms with Crippen molar-refractivity contribution in [2.45, 2.75) is 12.5 Å². The summed E-state index contributed by atoms with van der Waals surface area (Å²) < 4.78 is 0. The third kappa shape index (κ3) is 3.15. The number of hydrogen-bond donors (Lipinski definition) is 1. The van der Waals surface area contributed by atoms with Crippen LogP contribution < -0.4 is 5.32 Å². The monoisotopic (exact) mass is 375 g/mol. The van der Waals surface area contributed by atoms with Gasteiger partial charge in [0.1, 0.15) is 5.54 Å². The van der Waals surface area contributed by atoms with Gasteiger partial charge in [-0.05, 0) is 30.2 Å². The number of thiophene rings is 1. The maximum absolute atomic E-state index is 12.8. The molecule has 0 spiro atoms. The second-order valence-corrected chi connectivity index (χ2v) is 7.47. The van der Waals surface area contributed by atoms with Gasteiger partial charge >= 0.3 is 6.03 Å². The van der Waals surface area contributed by atoms with Crippen LogP contribution in [0.2, 0.25) is 0 Å². The van der Waals surface area contributed by atoms with E-state index in [0.29, 0.717) is 0 Å². The summed E-state index contributed by atoms with van der Waals surface area (Å²) in [6.45, 7) is 1.69. The highest BCUT2D eigenvalue weighted by Gasteiger charge is 2.49. The van der Waals surface area contributed by atoms with Crippen LogP contribution in [0.15, 0.2) is 77.9 Å². The predicted octanol–water partition coefficient (Wildman–Crippen LogP) is 4.22. The van der Waals surface area contributed by atoms with Crippen LogP contribution in [0.1, 0.15) is 17.4 Å². The minimum atomic E-state index is -1.11. The highest BCUT2D eigenvalue weighted by molar-refractivity contribution is 7.17. The maximum atomic E-state index is 12.8. The molecule has 4 rings (SSSR count). The Morgan fingerprint density at radius 2 is 1.63 bits per heavy atom. The van der Waals surface area contributed by atoms with E-state index in [1.807, 2.05) is 72.8 Å². The van der Waals surface area contributed by atoms with Gasteiger partial charge in [-0.1, -0.05) is 60.7 Å². The molecule has 134 valence electrons. The number of benzene rings is 2. The van der Waals surface area contributed by atoms with Gasteiger partial charge in [-0.3, -0.25) is 4.79 Å². The second-order valence-electron chi connectivity index (χ2n) is 6.35. The van der Waals surface area contributed by atoms with Crippen LogP contribution >= 0.6 is 11.3 Å². The quantitative estimate of drug-likeness (QED) is 0.548. The lowest BCUT2D eigenvalue weighted by Gasteiger charge is -2.20. The molecular formula is C21H17N3O2S. The Morgan fingerprint density at radius 1 is 0.963 bits per heavy atom. The fraction of sp³-hybridized carbons (Fsp3) is 0.0952. The van der Waals surface area contributed by atoms with Gasteiger partial charge in [0, 0.05) is 9.75 Å². The number of imide groups is 1. The molecule has 1 atom stereocenters. The Morgan fingerprint density at radius 3 is 2.33 bits per heavy atom. The second kappa shape index (κ2) is 6.81. The first kappa shape index (κ1) is 17.2. The SMILES string of the molecule is C[C@]1(c2ccccc2)NC(=O)N(/N=C\c2ccc(-c3ccccc3)s2)C1=O. The van der Waals surface area contributed by atoms with Crippen LogP contribution in [-0.2, 0) is 10.3 Å². The summed E-state index contributed by atoms with van der Waals surface area (Å²) in [4.78, 5) is 27.1. The zero-order valence-electron chi connectivity index (χ0n) is 14.6. The van der Waals surface area contributed by atoms with E-state index in [1.54, 1.807) is 24.5 Å². The lowest BCUT2D eigenvalue weighted by molar-refractivity contribution is -0.131. The van der Waals surface area contributed by atoms with Gasteiger partial charge in [0.15, 0.2) is 0 Å². The molecule has 27 heavy (non-hydrogen) atoms. The van der Waals surface area contributed by atoms with Gasteiger partial charge in [0.05, 0.1) is 6.21 Å². The Kier molecular flexibility index (Phi) is 4.33. The summed E-state index contributed by atoms with van der Waals surface area (Å²) >= 11 is 1.55. The Labute approximate surface area is 161 Å². The van der Waals surface area contributed by atoms with Gasteiger partial charge < -0.3 is 5.32 Å². The number of nitrogens with one attached hydrogen (secondary N) is 1. The number of rotatable bonds is 4. The van der Waals surface area contributed by atoms with E-state index in [4.69, 9.17) is 0 Å². The van der Waals surface area contributed by atoms with E-state index >= 15 is 0 Å². The van der Waals surface area contributed by atoms with Crippen molar-refractivity contribution >= 4 is 29.5 Å². The first-order valence-electron chi connectivity index (χ1n) is 8.49. The molecule has 1 fully saturated rings. The molecule has 3 amide bonds. The van der Waals surface area contributed by atoms with Gasteiger partial charge in [-0.2, -0.15) is 5.10 Å². The zero-order chi connectivity index (χ0) is 18.9. The van der Waals surface area contributed by atoms with Crippen molar-refractivity contribution < 1.29 is 9.59 Å². The Balaban J connectivity index is 1.55. The molecule has 6 heteroatoms. The highest BCUT2D eigenvalue weighted by atomic mass is 32.1. The lowest BCUT2D eigenvalue weighted by Crippen LogP contribution is -2.40. The molecule has 2 aromatic carbocycles. The zero-order valence-corrected chi connectivity index (χ0v) is 15.4. The van der Waals surface area contributed by atoms with E-state index < -0.39 is 17.5 Å². The van der Waals surface area contributed by atoms with E-state index in [0.717, 1.165) is 25.9 Å². The molecule has 0 bridgehead atoms. The van der Waals surface area contributed by atoms with Crippen molar-refractivity contribution in [3.8, 4) is 10.4 Å². The standard InChI is InChI=1S/C21H17N3O2S/c1-21(16-10-6-3-7-11-16)19(25)24(20(26)23-21)22-14-17-12-13-18(27-17)15-8-4-2-5-9-15/h2-14H,1H3,(H,23,26)/b22-14-/t21-/m1/s1. The minimum Gasteiger partial charge on any atom is -0.318 e. The van der Waals surface area contributed by atoms with Crippen molar-refractivity contribution in [1.82, 2.24) is 10.3 Å². The Bertz CT molecular complexity index is 1010. The average molecular weight is 375 g/mol. The van der Waals surface area contributed by atoms with Crippen LogP contribution in [-0.4, -0.2) is 23.2 Å². The molecule has 0 saturated carbocycles. The normalized spacial score (nSPS) is 19.7. The third-order valence-electron chi connectivity index (χ3n) is 4.51. The summed E-state index contributed by atoms with van der Waals surface area (Å²) in [7, 11) is 0. The number of hydrazone groups is 1. The molecule has 1 aliphatic rings. The minimum absolute atomic E-state index is 0.394. The number of carbonyl (C=O) groups excluding carboxylic acids is 2. The van der Waals surface area contributed by atoms with Crippen molar-refractivity contribution in [3.05, 3.63) is 83.2 Å². The maximum Gasteiger partial charge on any atom is 0.346 e. The molecule has 0 radical (unpaired) electrons. The topological polar surface area (TPSA) is 61.8 Å². The van der Waals surface area contributed by atoms with Gasteiger partial charge in [-0.25, -0.2) is 4.79 Å². The smallest absolute Gasteiger partial charge is 0.318 e. The first-order valence-corrected chi connectivity index (χ1v) is 9.31. The fourth-order valence-electron chi connectivity index (χ4n) is 2.99. The predicted molar refractivity (Wildman–Crippen MR) is 107 cm³/mol. The molecule has 1 N–H and O–H groups in total. The van der Waals surface area contributed by atoms with E-state index in [1.165, 1.54) is 0 Å². The molecule has 2 heterocycles. The summed E-state index contributed by atoms with van der Waals surface area (Å²) in [6.07, 6.45) is 1.55. The largest absolute Gasteiger partial charge is 0.346 e. The highest BCUT2D eigenvalue weighted by Crippen LogP contribution is 2.30. The number of nitrogens with zero attached hydrogens (tertiary/aromatic N) is 2. The number of urea groups is 1. The summed E-state index contributed by atoms with van der Waals surface area (Å²) in [5, 5.41) is 7.78. The molecule has 1 saturated heterocycles. The van der Waals surface area contributed by atoms with Crippen LogP contribution in [0.25, 0.3) is 10.4 Å². The fourth-order valence-corrected chi connectivity index (χ4v) is 3.87. The first-order chi connectivity index (χ1) is 13.1. The van der Waals surface area contributed by atoms with Crippen LogP contribution in [0.4, 0.5) is 4.79 Å². The summed E-state index contributed by atoms with van der Waals surface area (Å²) in [6, 6.07) is 22.6. The van der Waals surface area contributed by atoms with Crippen molar-refractivity contribution in [2.75, 3.05) is 0 Å². The Hall–Kier alpha value is -3.25. The average Bonchev–Trinajstić information content (AvgIpc) is 3.26. The molecular weight excluding hydrogens is 358 g/mol. The van der Waals surface area contributed by atoms with Crippen molar-refractivity contribution in [2.24, 2.45) is 5.10 Å². The molecule has 5 nitrogen and oxygen atoms in total. The molecule has 3 aromatic rings. The van der Waals surface area contributed by atoms with E-state index in [9.17, 15) is 9.59 Å². The summed E-state index contributed by atoms with van der Waals surface area (Å²) in [5.74, 6) is -0.394. The van der Waals surface area contributed by atoms with Crippen molar-refractivity contribution in [3.63, 3.8) is 0 Å². The molecule has 0 unspecified atom stereocenters. The number of hydrogen-bond acceptors (Lipinski definition) is 4. The van der Waals surface area contributed by atoms with Crippen molar-refractivity contribution in [1.29, 1.82) is 0 Å². The van der Waals surface area contributed by atoms with Gasteiger partial charge in [0.2, 0.25) is 0 Å². The number of amides is 3. The third-order valence-corrected chi connectivity index (χ3v) is 5.57.